The van der Waals surface area contributed by atoms with Gasteiger partial charge in [-0.25, -0.2) is 0 Å². The molecule has 0 aliphatic heterocycles. The zero-order valence-corrected chi connectivity index (χ0v) is 6.33. The summed E-state index contributed by atoms with van der Waals surface area (Å²) in [7, 11) is 1.81. The molecule has 1 heteroatoms. The summed E-state index contributed by atoms with van der Waals surface area (Å²) in [5, 5.41) is 0. The fourth-order valence-corrected chi connectivity index (χ4v) is 0.808. The van der Waals surface area contributed by atoms with Crippen LogP contribution >= 0.6 is 0 Å². The average molecular weight is 133 g/mol. The van der Waals surface area contributed by atoms with Gasteiger partial charge in [0.2, 0.25) is 0 Å². The monoisotopic (exact) mass is 133 g/mol. The van der Waals surface area contributed by atoms with Crippen LogP contribution in [0.5, 0.6) is 0 Å². The summed E-state index contributed by atoms with van der Waals surface area (Å²) < 4.78 is 0. The minimum absolute atomic E-state index is 1.08. The van der Waals surface area contributed by atoms with Crippen LogP contribution in [0.15, 0.2) is 35.3 Å². The van der Waals surface area contributed by atoms with Crippen molar-refractivity contribution < 1.29 is 0 Å². The number of nitrogens with zero attached hydrogens (tertiary/aromatic N) is 1. The zero-order valence-electron chi connectivity index (χ0n) is 6.33. The molecule has 0 aromatic heterocycles. The highest BCUT2D eigenvalue weighted by Gasteiger charge is 1.90. The molecule has 0 unspecified atom stereocenters. The lowest BCUT2D eigenvalue weighted by atomic mass is 10.1. The van der Waals surface area contributed by atoms with Gasteiger partial charge < -0.3 is 0 Å². The van der Waals surface area contributed by atoms with E-state index >= 15 is 0 Å². The third-order valence-electron chi connectivity index (χ3n) is 1.53. The highest BCUT2D eigenvalue weighted by atomic mass is 14.7. The minimum Gasteiger partial charge on any atom is -0.293 e. The molecule has 0 bridgehead atoms. The van der Waals surface area contributed by atoms with Crippen LogP contribution in [0.4, 0.5) is 0 Å². The number of rotatable bonds is 1. The highest BCUT2D eigenvalue weighted by Crippen LogP contribution is 1.99. The van der Waals surface area contributed by atoms with E-state index < -0.39 is 0 Å². The van der Waals surface area contributed by atoms with Crippen LogP contribution in [0.3, 0.4) is 0 Å². The first kappa shape index (κ1) is 7.00. The Labute approximate surface area is 61.4 Å². The van der Waals surface area contributed by atoms with Crippen molar-refractivity contribution in [2.45, 2.75) is 6.92 Å². The van der Waals surface area contributed by atoms with E-state index in [-0.39, 0.29) is 0 Å². The quantitative estimate of drug-likeness (QED) is 0.520. The first-order valence-corrected chi connectivity index (χ1v) is 3.33. The molecule has 52 valence electrons. The van der Waals surface area contributed by atoms with Gasteiger partial charge in [0.15, 0.2) is 0 Å². The Morgan fingerprint density at radius 2 is 1.80 bits per heavy atom. The summed E-state index contributed by atoms with van der Waals surface area (Å²) in [6, 6.07) is 10.2. The van der Waals surface area contributed by atoms with Crippen LogP contribution in [0.25, 0.3) is 0 Å². The molecule has 0 radical (unpaired) electrons. The van der Waals surface area contributed by atoms with E-state index in [1.165, 1.54) is 5.56 Å². The van der Waals surface area contributed by atoms with Gasteiger partial charge in [-0.15, -0.1) is 0 Å². The van der Waals surface area contributed by atoms with Gasteiger partial charge in [0.05, 0.1) is 0 Å². The maximum absolute atomic E-state index is 4.08. The molecule has 0 aliphatic rings. The van der Waals surface area contributed by atoms with Crippen molar-refractivity contribution in [3.05, 3.63) is 35.9 Å². The Hall–Kier alpha value is -1.11. The van der Waals surface area contributed by atoms with E-state index in [9.17, 15) is 0 Å². The van der Waals surface area contributed by atoms with Crippen LogP contribution in [0.1, 0.15) is 12.5 Å². The van der Waals surface area contributed by atoms with E-state index in [4.69, 9.17) is 0 Å². The fourth-order valence-electron chi connectivity index (χ4n) is 0.808. The number of aliphatic imine (C=N–C) groups is 1. The van der Waals surface area contributed by atoms with Crippen molar-refractivity contribution in [2.24, 2.45) is 4.99 Å². The molecule has 0 atom stereocenters. The third-order valence-corrected chi connectivity index (χ3v) is 1.53. The standard InChI is InChI=1S/C9H11N/c1-8(10-2)9-6-4-3-5-7-9/h3-7H,1-2H3/b10-8+. The first-order chi connectivity index (χ1) is 4.84. The molecule has 0 heterocycles. The van der Waals surface area contributed by atoms with Crippen molar-refractivity contribution in [1.82, 2.24) is 0 Å². The van der Waals surface area contributed by atoms with Gasteiger partial charge in [-0.3, -0.25) is 4.99 Å². The lowest BCUT2D eigenvalue weighted by molar-refractivity contribution is 1.41. The molecule has 1 aromatic carbocycles. The average Bonchev–Trinajstić information content (AvgIpc) is 2.05. The molecule has 0 spiro atoms. The van der Waals surface area contributed by atoms with Crippen LogP contribution in [0.2, 0.25) is 0 Å². The summed E-state index contributed by atoms with van der Waals surface area (Å²) in [5.41, 5.74) is 2.28. The van der Waals surface area contributed by atoms with E-state index in [0.717, 1.165) is 5.71 Å². The summed E-state index contributed by atoms with van der Waals surface area (Å²) in [6.07, 6.45) is 0. The van der Waals surface area contributed by atoms with Crippen molar-refractivity contribution in [3.8, 4) is 0 Å². The van der Waals surface area contributed by atoms with Gasteiger partial charge in [0.25, 0.3) is 0 Å². The number of hydrogen-bond donors (Lipinski definition) is 0. The van der Waals surface area contributed by atoms with Crippen LogP contribution in [0, 0.1) is 0 Å². The van der Waals surface area contributed by atoms with Crippen molar-refractivity contribution in [3.63, 3.8) is 0 Å². The van der Waals surface area contributed by atoms with E-state index in [2.05, 4.69) is 17.1 Å². The molecule has 0 amide bonds. The van der Waals surface area contributed by atoms with Gasteiger partial charge in [0.1, 0.15) is 0 Å². The van der Waals surface area contributed by atoms with Crippen molar-refractivity contribution in [1.29, 1.82) is 0 Å². The van der Waals surface area contributed by atoms with Gasteiger partial charge in [-0.1, -0.05) is 30.3 Å². The molecular weight excluding hydrogens is 122 g/mol. The predicted octanol–water partition coefficient (Wildman–Crippen LogP) is 2.13. The molecule has 1 rings (SSSR count). The lowest BCUT2D eigenvalue weighted by Gasteiger charge is -1.95. The first-order valence-electron chi connectivity index (χ1n) is 3.33. The summed E-state index contributed by atoms with van der Waals surface area (Å²) in [5.74, 6) is 0. The Kier molecular flexibility index (Phi) is 2.21. The second-order valence-corrected chi connectivity index (χ2v) is 2.18. The van der Waals surface area contributed by atoms with E-state index in [0.29, 0.717) is 0 Å². The zero-order chi connectivity index (χ0) is 7.40. The van der Waals surface area contributed by atoms with Crippen molar-refractivity contribution >= 4 is 5.71 Å². The largest absolute Gasteiger partial charge is 0.293 e. The number of benzene rings is 1. The van der Waals surface area contributed by atoms with Gasteiger partial charge in [0, 0.05) is 12.8 Å². The van der Waals surface area contributed by atoms with Crippen LogP contribution in [-0.2, 0) is 0 Å². The number of hydrogen-bond acceptors (Lipinski definition) is 1. The molecule has 1 nitrogen and oxygen atoms in total. The fraction of sp³-hybridized carbons (Fsp3) is 0.222. The normalized spacial score (nSPS) is 11.6. The van der Waals surface area contributed by atoms with Crippen LogP contribution < -0.4 is 0 Å². The lowest BCUT2D eigenvalue weighted by Crippen LogP contribution is -1.91. The molecular formula is C9H11N. The molecule has 0 aliphatic carbocycles. The van der Waals surface area contributed by atoms with Gasteiger partial charge in [-0.05, 0) is 12.5 Å². The maximum atomic E-state index is 4.08. The maximum Gasteiger partial charge on any atom is 0.0386 e. The summed E-state index contributed by atoms with van der Waals surface area (Å²) >= 11 is 0. The summed E-state index contributed by atoms with van der Waals surface area (Å²) in [4.78, 5) is 4.08. The third kappa shape index (κ3) is 1.44. The molecule has 10 heavy (non-hydrogen) atoms. The Morgan fingerprint density at radius 1 is 1.20 bits per heavy atom. The molecule has 0 saturated carbocycles. The molecule has 0 saturated heterocycles. The van der Waals surface area contributed by atoms with Crippen molar-refractivity contribution in [2.75, 3.05) is 7.05 Å². The van der Waals surface area contributed by atoms with E-state index in [1.54, 1.807) is 0 Å². The SMILES string of the molecule is C/N=C(\C)c1ccccc1. The Balaban J connectivity index is 2.96. The minimum atomic E-state index is 1.08. The van der Waals surface area contributed by atoms with Crippen LogP contribution in [-0.4, -0.2) is 12.8 Å². The topological polar surface area (TPSA) is 12.4 Å². The summed E-state index contributed by atoms with van der Waals surface area (Å²) in [6.45, 7) is 2.01. The molecule has 0 N–H and O–H groups in total. The van der Waals surface area contributed by atoms with Gasteiger partial charge in [-0.2, -0.15) is 0 Å². The molecule has 1 aromatic rings. The van der Waals surface area contributed by atoms with E-state index in [1.807, 2.05) is 32.2 Å². The second kappa shape index (κ2) is 3.16. The van der Waals surface area contributed by atoms with Gasteiger partial charge >= 0.3 is 0 Å². The molecule has 0 fully saturated rings. The Morgan fingerprint density at radius 3 is 2.30 bits per heavy atom. The second-order valence-electron chi connectivity index (χ2n) is 2.18. The smallest absolute Gasteiger partial charge is 0.0386 e. The highest BCUT2D eigenvalue weighted by molar-refractivity contribution is 5.98. The predicted molar refractivity (Wildman–Crippen MR) is 44.6 cm³/mol. The Bertz CT molecular complexity index is 224.